The van der Waals surface area contributed by atoms with Gasteiger partial charge in [-0.05, 0) is 25.2 Å². The molecule has 1 spiro atoms. The van der Waals surface area contributed by atoms with Crippen LogP contribution in [-0.4, -0.2) is 19.8 Å². The molecule has 1 aliphatic heterocycles. The maximum Gasteiger partial charge on any atom is 0.149 e. The van der Waals surface area contributed by atoms with Crippen molar-refractivity contribution < 1.29 is 14.2 Å². The predicted octanol–water partition coefficient (Wildman–Crippen LogP) is 4.24. The second-order valence-corrected chi connectivity index (χ2v) is 6.27. The highest BCUT2D eigenvalue weighted by Crippen LogP contribution is 2.54. The van der Waals surface area contributed by atoms with Crippen molar-refractivity contribution in [2.75, 3.05) is 14.2 Å². The third-order valence-corrected chi connectivity index (χ3v) is 5.21. The Morgan fingerprint density at radius 3 is 2.65 bits per heavy atom. The van der Waals surface area contributed by atoms with Gasteiger partial charge in [0.2, 0.25) is 0 Å². The molecule has 110 valence electrons. The summed E-state index contributed by atoms with van der Waals surface area (Å²) < 4.78 is 17.2. The van der Waals surface area contributed by atoms with Gasteiger partial charge in [-0.2, -0.15) is 0 Å². The fraction of sp³-hybridized carbons (Fsp3) is 0.625. The molecule has 1 aliphatic carbocycles. The van der Waals surface area contributed by atoms with E-state index in [1.54, 1.807) is 14.2 Å². The Hall–Kier alpha value is -1.09. The van der Waals surface area contributed by atoms with E-state index < -0.39 is 0 Å². The van der Waals surface area contributed by atoms with E-state index in [-0.39, 0.29) is 5.60 Å². The molecule has 3 rings (SSSR count). The zero-order chi connectivity index (χ0) is 14.3. The van der Waals surface area contributed by atoms with Gasteiger partial charge in [-0.1, -0.05) is 24.9 Å². The van der Waals surface area contributed by atoms with Crippen molar-refractivity contribution in [3.05, 3.63) is 16.7 Å². The lowest BCUT2D eigenvalue weighted by atomic mass is 9.74. The SMILES string of the molecule is COc1cc(OC)c2c(c1Cl)O[C@@]1(CCCC[C@H]1C)C2. The Morgan fingerprint density at radius 1 is 1.25 bits per heavy atom. The molecule has 4 heteroatoms. The molecule has 20 heavy (non-hydrogen) atoms. The van der Waals surface area contributed by atoms with Gasteiger partial charge in [0, 0.05) is 18.1 Å². The second-order valence-electron chi connectivity index (χ2n) is 5.89. The number of hydrogen-bond donors (Lipinski definition) is 0. The number of rotatable bonds is 2. The van der Waals surface area contributed by atoms with Crippen LogP contribution in [0.25, 0.3) is 0 Å². The van der Waals surface area contributed by atoms with E-state index in [9.17, 15) is 0 Å². The minimum absolute atomic E-state index is 0.107. The largest absolute Gasteiger partial charge is 0.496 e. The molecule has 2 atom stereocenters. The highest BCUT2D eigenvalue weighted by Gasteiger charge is 2.47. The third kappa shape index (κ3) is 1.95. The molecule has 1 heterocycles. The highest BCUT2D eigenvalue weighted by atomic mass is 35.5. The Bertz CT molecular complexity index is 529. The van der Waals surface area contributed by atoms with E-state index in [2.05, 4.69) is 6.92 Å². The molecule has 2 aliphatic rings. The van der Waals surface area contributed by atoms with Crippen molar-refractivity contribution in [2.24, 2.45) is 5.92 Å². The smallest absolute Gasteiger partial charge is 0.149 e. The summed E-state index contributed by atoms with van der Waals surface area (Å²) in [6.45, 7) is 2.28. The lowest BCUT2D eigenvalue weighted by Crippen LogP contribution is -2.43. The van der Waals surface area contributed by atoms with Crippen LogP contribution in [0.2, 0.25) is 5.02 Å². The van der Waals surface area contributed by atoms with Crippen molar-refractivity contribution in [1.29, 1.82) is 0 Å². The Labute approximate surface area is 125 Å². The number of methoxy groups -OCH3 is 2. The van der Waals surface area contributed by atoms with E-state index >= 15 is 0 Å². The highest BCUT2D eigenvalue weighted by molar-refractivity contribution is 6.33. The van der Waals surface area contributed by atoms with Crippen molar-refractivity contribution in [3.8, 4) is 17.2 Å². The molecule has 0 aromatic heterocycles. The van der Waals surface area contributed by atoms with Gasteiger partial charge < -0.3 is 14.2 Å². The fourth-order valence-electron chi connectivity index (χ4n) is 3.57. The number of fused-ring (bicyclic) bond motifs is 1. The molecule has 3 nitrogen and oxygen atoms in total. The van der Waals surface area contributed by atoms with Gasteiger partial charge >= 0.3 is 0 Å². The van der Waals surface area contributed by atoms with E-state index in [1.165, 1.54) is 19.3 Å². The van der Waals surface area contributed by atoms with E-state index in [0.717, 1.165) is 29.9 Å². The van der Waals surface area contributed by atoms with Gasteiger partial charge in [0.1, 0.15) is 27.9 Å². The van der Waals surface area contributed by atoms with Crippen molar-refractivity contribution in [1.82, 2.24) is 0 Å². The summed E-state index contributed by atoms with van der Waals surface area (Å²) in [5, 5.41) is 0.568. The first-order valence-electron chi connectivity index (χ1n) is 7.23. The van der Waals surface area contributed by atoms with Crippen molar-refractivity contribution in [2.45, 2.75) is 44.6 Å². The van der Waals surface area contributed by atoms with Crippen LogP contribution in [-0.2, 0) is 6.42 Å². The van der Waals surface area contributed by atoms with Gasteiger partial charge in [0.15, 0.2) is 0 Å². The molecular formula is C16H21ClO3. The lowest BCUT2D eigenvalue weighted by Gasteiger charge is -2.38. The number of ether oxygens (including phenoxy) is 3. The van der Waals surface area contributed by atoms with Crippen molar-refractivity contribution >= 4 is 11.6 Å². The minimum atomic E-state index is -0.107. The van der Waals surface area contributed by atoms with Gasteiger partial charge in [0.05, 0.1) is 14.2 Å². The summed E-state index contributed by atoms with van der Waals surface area (Å²) >= 11 is 6.43. The van der Waals surface area contributed by atoms with E-state index in [1.807, 2.05) is 6.07 Å². The first-order valence-corrected chi connectivity index (χ1v) is 7.61. The Morgan fingerprint density at radius 2 is 2.00 bits per heavy atom. The first kappa shape index (κ1) is 13.9. The zero-order valence-electron chi connectivity index (χ0n) is 12.3. The first-order chi connectivity index (χ1) is 9.61. The summed E-state index contributed by atoms with van der Waals surface area (Å²) in [5.41, 5.74) is 0.983. The molecule has 1 saturated carbocycles. The monoisotopic (exact) mass is 296 g/mol. The summed E-state index contributed by atoms with van der Waals surface area (Å²) in [7, 11) is 3.29. The number of benzene rings is 1. The number of halogens is 1. The van der Waals surface area contributed by atoms with Crippen LogP contribution in [0.15, 0.2) is 6.07 Å². The Balaban J connectivity index is 2.06. The normalized spacial score (nSPS) is 28.1. The van der Waals surface area contributed by atoms with Gasteiger partial charge in [-0.3, -0.25) is 0 Å². The third-order valence-electron chi connectivity index (χ3n) is 4.86. The Kier molecular flexibility index (Phi) is 3.49. The van der Waals surface area contributed by atoms with E-state index in [4.69, 9.17) is 25.8 Å². The summed E-state index contributed by atoms with van der Waals surface area (Å²) in [6.07, 6.45) is 5.69. The van der Waals surface area contributed by atoms with Crippen LogP contribution in [0, 0.1) is 5.92 Å². The van der Waals surface area contributed by atoms with Crippen LogP contribution < -0.4 is 14.2 Å². The fourth-order valence-corrected chi connectivity index (χ4v) is 3.85. The molecule has 1 aromatic rings. The standard InChI is InChI=1S/C16H21ClO3/c1-10-6-4-5-7-16(10)9-11-12(18-2)8-13(19-3)14(17)15(11)20-16/h8,10H,4-7,9H2,1-3H3/t10-,16+/m1/s1. The quantitative estimate of drug-likeness (QED) is 0.817. The molecule has 0 unspecified atom stereocenters. The number of hydrogen-bond acceptors (Lipinski definition) is 3. The minimum Gasteiger partial charge on any atom is -0.496 e. The maximum atomic E-state index is 6.43. The summed E-state index contributed by atoms with van der Waals surface area (Å²) in [5.74, 6) is 2.73. The average Bonchev–Trinajstić information content (AvgIpc) is 2.84. The average molecular weight is 297 g/mol. The molecular weight excluding hydrogens is 276 g/mol. The molecule has 0 N–H and O–H groups in total. The molecule has 1 aromatic carbocycles. The van der Waals surface area contributed by atoms with Crippen LogP contribution >= 0.6 is 11.6 Å². The van der Waals surface area contributed by atoms with Gasteiger partial charge in [-0.15, -0.1) is 0 Å². The second kappa shape index (κ2) is 5.03. The molecule has 0 bridgehead atoms. The van der Waals surface area contributed by atoms with Crippen molar-refractivity contribution in [3.63, 3.8) is 0 Å². The molecule has 0 amide bonds. The van der Waals surface area contributed by atoms with Gasteiger partial charge in [-0.25, -0.2) is 0 Å². The lowest BCUT2D eigenvalue weighted by molar-refractivity contribution is 0.00325. The van der Waals surface area contributed by atoms with Crippen LogP contribution in [0.4, 0.5) is 0 Å². The van der Waals surface area contributed by atoms with Crippen LogP contribution in [0.1, 0.15) is 38.2 Å². The maximum absolute atomic E-state index is 6.43. The topological polar surface area (TPSA) is 27.7 Å². The summed E-state index contributed by atoms with van der Waals surface area (Å²) in [4.78, 5) is 0. The molecule has 0 saturated heterocycles. The van der Waals surface area contributed by atoms with Crippen LogP contribution in [0.3, 0.4) is 0 Å². The predicted molar refractivity (Wildman–Crippen MR) is 79.3 cm³/mol. The zero-order valence-corrected chi connectivity index (χ0v) is 13.0. The van der Waals surface area contributed by atoms with Gasteiger partial charge in [0.25, 0.3) is 0 Å². The summed E-state index contributed by atoms with van der Waals surface area (Å²) in [6, 6.07) is 1.86. The molecule has 0 radical (unpaired) electrons. The van der Waals surface area contributed by atoms with E-state index in [0.29, 0.717) is 16.7 Å². The molecule has 1 fully saturated rings. The van der Waals surface area contributed by atoms with Crippen LogP contribution in [0.5, 0.6) is 17.2 Å².